The van der Waals surface area contributed by atoms with Crippen LogP contribution in [0.25, 0.3) is 0 Å². The average Bonchev–Trinajstić information content (AvgIpc) is 2.37. The largest absolute Gasteiger partial charge is 0.508 e. The highest BCUT2D eigenvalue weighted by molar-refractivity contribution is 5.35. The summed E-state index contributed by atoms with van der Waals surface area (Å²) in [4.78, 5) is 0. The molecule has 0 aliphatic heterocycles. The van der Waals surface area contributed by atoms with Crippen molar-refractivity contribution in [1.29, 1.82) is 0 Å². The maximum absolute atomic E-state index is 12.9. The summed E-state index contributed by atoms with van der Waals surface area (Å²) in [6.07, 6.45) is 0. The van der Waals surface area contributed by atoms with Crippen molar-refractivity contribution in [3.63, 3.8) is 0 Å². The lowest BCUT2D eigenvalue weighted by molar-refractivity contribution is 0.446. The minimum absolute atomic E-state index is 0.0111. The summed E-state index contributed by atoms with van der Waals surface area (Å²) in [5.74, 6) is -0.436. The molecule has 0 radical (unpaired) electrons. The van der Waals surface area contributed by atoms with E-state index in [1.165, 1.54) is 11.6 Å². The number of hydrogen-bond acceptors (Lipinski definition) is 2. The molecular weight excluding hydrogens is 229 g/mol. The van der Waals surface area contributed by atoms with Gasteiger partial charge in [-0.1, -0.05) is 36.4 Å². The standard InChI is InChI=1S/C15H16FNO/c1-11(14-8-7-13(16)9-15(14)18)17-10-12-5-3-2-4-6-12/h2-9,11,17-18H,10H2,1H3. The van der Waals surface area contributed by atoms with E-state index in [9.17, 15) is 9.50 Å². The van der Waals surface area contributed by atoms with E-state index in [0.717, 1.165) is 6.07 Å². The predicted octanol–water partition coefficient (Wildman–Crippen LogP) is 3.38. The Morgan fingerprint density at radius 3 is 2.56 bits per heavy atom. The van der Waals surface area contributed by atoms with Crippen molar-refractivity contribution in [2.24, 2.45) is 0 Å². The van der Waals surface area contributed by atoms with Crippen LogP contribution in [0, 0.1) is 5.82 Å². The van der Waals surface area contributed by atoms with Gasteiger partial charge in [-0.05, 0) is 18.6 Å². The monoisotopic (exact) mass is 245 g/mol. The quantitative estimate of drug-likeness (QED) is 0.865. The Morgan fingerprint density at radius 2 is 1.89 bits per heavy atom. The SMILES string of the molecule is CC(NCc1ccccc1)c1ccc(F)cc1O. The molecule has 2 N–H and O–H groups in total. The second kappa shape index (κ2) is 5.65. The molecule has 2 nitrogen and oxygen atoms in total. The Morgan fingerprint density at radius 1 is 1.17 bits per heavy atom. The maximum Gasteiger partial charge on any atom is 0.126 e. The van der Waals surface area contributed by atoms with E-state index in [4.69, 9.17) is 0 Å². The van der Waals surface area contributed by atoms with Crippen LogP contribution in [0.3, 0.4) is 0 Å². The molecule has 0 fully saturated rings. The Bertz CT molecular complexity index is 513. The van der Waals surface area contributed by atoms with Gasteiger partial charge in [0, 0.05) is 24.2 Å². The minimum Gasteiger partial charge on any atom is -0.508 e. The molecule has 0 heterocycles. The van der Waals surface area contributed by atoms with E-state index < -0.39 is 5.82 Å². The molecule has 0 saturated heterocycles. The van der Waals surface area contributed by atoms with Crippen molar-refractivity contribution in [1.82, 2.24) is 5.32 Å². The topological polar surface area (TPSA) is 32.3 Å². The van der Waals surface area contributed by atoms with Gasteiger partial charge in [-0.3, -0.25) is 0 Å². The highest BCUT2D eigenvalue weighted by atomic mass is 19.1. The average molecular weight is 245 g/mol. The number of hydrogen-bond donors (Lipinski definition) is 2. The second-order valence-corrected chi connectivity index (χ2v) is 4.29. The van der Waals surface area contributed by atoms with Gasteiger partial charge in [0.2, 0.25) is 0 Å². The zero-order valence-corrected chi connectivity index (χ0v) is 10.2. The van der Waals surface area contributed by atoms with E-state index in [2.05, 4.69) is 5.32 Å². The number of rotatable bonds is 4. The van der Waals surface area contributed by atoms with Gasteiger partial charge < -0.3 is 10.4 Å². The van der Waals surface area contributed by atoms with Crippen molar-refractivity contribution in [2.45, 2.75) is 19.5 Å². The summed E-state index contributed by atoms with van der Waals surface area (Å²) in [6.45, 7) is 2.65. The Labute approximate surface area is 106 Å². The molecule has 1 unspecified atom stereocenters. The number of halogens is 1. The third-order valence-electron chi connectivity index (χ3n) is 2.91. The number of nitrogens with one attached hydrogen (secondary N) is 1. The Hall–Kier alpha value is -1.87. The third kappa shape index (κ3) is 3.08. The molecule has 0 spiro atoms. The molecule has 94 valence electrons. The zero-order valence-electron chi connectivity index (χ0n) is 10.2. The first-order valence-corrected chi connectivity index (χ1v) is 5.92. The fourth-order valence-corrected chi connectivity index (χ4v) is 1.86. The summed E-state index contributed by atoms with van der Waals surface area (Å²) < 4.78 is 12.9. The van der Waals surface area contributed by atoms with Crippen LogP contribution in [0.2, 0.25) is 0 Å². The van der Waals surface area contributed by atoms with Crippen LogP contribution in [-0.2, 0) is 6.54 Å². The summed E-state index contributed by atoms with van der Waals surface area (Å²) in [6, 6.07) is 14.1. The lowest BCUT2D eigenvalue weighted by Crippen LogP contribution is -2.18. The van der Waals surface area contributed by atoms with Crippen LogP contribution in [0.4, 0.5) is 4.39 Å². The molecule has 2 rings (SSSR count). The van der Waals surface area contributed by atoms with Gasteiger partial charge in [0.25, 0.3) is 0 Å². The minimum atomic E-state index is -0.425. The first kappa shape index (κ1) is 12.6. The van der Waals surface area contributed by atoms with Crippen LogP contribution in [0.15, 0.2) is 48.5 Å². The molecule has 0 aliphatic rings. The molecule has 18 heavy (non-hydrogen) atoms. The zero-order chi connectivity index (χ0) is 13.0. The summed E-state index contributed by atoms with van der Waals surface area (Å²) in [7, 11) is 0. The van der Waals surface area contributed by atoms with Crippen LogP contribution in [0.5, 0.6) is 5.75 Å². The van der Waals surface area contributed by atoms with Crippen LogP contribution in [-0.4, -0.2) is 5.11 Å². The normalized spacial score (nSPS) is 12.3. The van der Waals surface area contributed by atoms with Crippen molar-refractivity contribution >= 4 is 0 Å². The van der Waals surface area contributed by atoms with E-state index in [0.29, 0.717) is 12.1 Å². The molecule has 2 aromatic rings. The van der Waals surface area contributed by atoms with Crippen LogP contribution in [0.1, 0.15) is 24.1 Å². The fourth-order valence-electron chi connectivity index (χ4n) is 1.86. The second-order valence-electron chi connectivity index (χ2n) is 4.29. The molecule has 0 amide bonds. The van der Waals surface area contributed by atoms with Crippen LogP contribution >= 0.6 is 0 Å². The third-order valence-corrected chi connectivity index (χ3v) is 2.91. The van der Waals surface area contributed by atoms with Crippen molar-refractivity contribution in [3.05, 3.63) is 65.5 Å². The Kier molecular flexibility index (Phi) is 3.95. The van der Waals surface area contributed by atoms with Gasteiger partial charge in [-0.2, -0.15) is 0 Å². The van der Waals surface area contributed by atoms with Gasteiger partial charge in [0.05, 0.1) is 0 Å². The smallest absolute Gasteiger partial charge is 0.126 e. The van der Waals surface area contributed by atoms with Crippen LogP contribution < -0.4 is 5.32 Å². The molecule has 1 atom stereocenters. The number of aromatic hydroxyl groups is 1. The molecule has 0 aliphatic carbocycles. The summed E-state index contributed by atoms with van der Waals surface area (Å²) >= 11 is 0. The molecule has 0 saturated carbocycles. The Balaban J connectivity index is 2.01. The first-order chi connectivity index (χ1) is 8.66. The van der Waals surface area contributed by atoms with Gasteiger partial charge in [0.1, 0.15) is 11.6 Å². The first-order valence-electron chi connectivity index (χ1n) is 5.92. The van der Waals surface area contributed by atoms with E-state index in [1.54, 1.807) is 6.07 Å². The molecule has 3 heteroatoms. The van der Waals surface area contributed by atoms with E-state index in [-0.39, 0.29) is 11.8 Å². The maximum atomic E-state index is 12.9. The van der Waals surface area contributed by atoms with Gasteiger partial charge in [-0.25, -0.2) is 4.39 Å². The molecule has 0 aromatic heterocycles. The van der Waals surface area contributed by atoms with Crippen molar-refractivity contribution in [3.8, 4) is 5.75 Å². The van der Waals surface area contributed by atoms with E-state index in [1.807, 2.05) is 37.3 Å². The van der Waals surface area contributed by atoms with E-state index >= 15 is 0 Å². The fraction of sp³-hybridized carbons (Fsp3) is 0.200. The predicted molar refractivity (Wildman–Crippen MR) is 69.8 cm³/mol. The number of phenolic OH excluding ortho intramolecular Hbond substituents is 1. The number of benzene rings is 2. The highest BCUT2D eigenvalue weighted by Gasteiger charge is 2.10. The number of phenols is 1. The van der Waals surface area contributed by atoms with Gasteiger partial charge >= 0.3 is 0 Å². The summed E-state index contributed by atoms with van der Waals surface area (Å²) in [5, 5.41) is 13.0. The highest BCUT2D eigenvalue weighted by Crippen LogP contribution is 2.24. The van der Waals surface area contributed by atoms with Gasteiger partial charge in [0.15, 0.2) is 0 Å². The lowest BCUT2D eigenvalue weighted by atomic mass is 10.1. The van der Waals surface area contributed by atoms with Crippen molar-refractivity contribution in [2.75, 3.05) is 0 Å². The summed E-state index contributed by atoms with van der Waals surface area (Å²) in [5.41, 5.74) is 1.87. The molecular formula is C15H16FNO. The van der Waals surface area contributed by atoms with Crippen molar-refractivity contribution < 1.29 is 9.50 Å². The lowest BCUT2D eigenvalue weighted by Gasteiger charge is -2.15. The molecule has 0 bridgehead atoms. The van der Waals surface area contributed by atoms with Gasteiger partial charge in [-0.15, -0.1) is 0 Å². The molecule has 2 aromatic carbocycles.